The van der Waals surface area contributed by atoms with Crippen molar-refractivity contribution >= 4 is 23.8 Å². The summed E-state index contributed by atoms with van der Waals surface area (Å²) < 4.78 is 7.97. The summed E-state index contributed by atoms with van der Waals surface area (Å²) in [5.74, 6) is 9.25. The zero-order valence-electron chi connectivity index (χ0n) is 18.8. The fourth-order valence-electron chi connectivity index (χ4n) is 3.76. The molecule has 2 heterocycles. The van der Waals surface area contributed by atoms with Gasteiger partial charge >= 0.3 is 0 Å². The minimum atomic E-state index is -0.155. The highest BCUT2D eigenvalue weighted by Gasteiger charge is 2.27. The number of carbonyl (C=O) groups excluding carboxylic acids is 1. The van der Waals surface area contributed by atoms with Gasteiger partial charge in [-0.05, 0) is 49.3 Å². The summed E-state index contributed by atoms with van der Waals surface area (Å²) in [5, 5.41) is 3.42. The summed E-state index contributed by atoms with van der Waals surface area (Å²) >= 11 is 0.933. The first-order valence-corrected chi connectivity index (χ1v) is 11.6. The predicted molar refractivity (Wildman–Crippen MR) is 130 cm³/mol. The molecule has 1 aliphatic carbocycles. The van der Waals surface area contributed by atoms with Crippen LogP contribution in [0.4, 0.5) is 5.82 Å². The molecule has 0 saturated heterocycles. The van der Waals surface area contributed by atoms with Gasteiger partial charge in [0.2, 0.25) is 0 Å². The molecule has 2 aromatic heterocycles. The normalized spacial score (nSPS) is 17.4. The van der Waals surface area contributed by atoms with Crippen LogP contribution in [0.5, 0.6) is 0 Å². The molecule has 176 valence electrons. The Balaban J connectivity index is 1.37. The van der Waals surface area contributed by atoms with Crippen LogP contribution < -0.4 is 11.2 Å². The predicted octanol–water partition coefficient (Wildman–Crippen LogP) is 3.26. The van der Waals surface area contributed by atoms with Crippen molar-refractivity contribution in [3.8, 4) is 12.0 Å². The van der Waals surface area contributed by atoms with Crippen LogP contribution in [-0.2, 0) is 9.22 Å². The average molecular weight is 479 g/mol. The van der Waals surface area contributed by atoms with Crippen LogP contribution in [0, 0.1) is 17.9 Å². The van der Waals surface area contributed by atoms with Crippen molar-refractivity contribution in [2.75, 3.05) is 19.0 Å². The second kappa shape index (κ2) is 11.8. The zero-order chi connectivity index (χ0) is 23.8. The number of ketones is 1. The molecule has 0 amide bonds. The molecule has 34 heavy (non-hydrogen) atoms. The summed E-state index contributed by atoms with van der Waals surface area (Å²) in [7, 11) is 1.66. The summed E-state index contributed by atoms with van der Waals surface area (Å²) in [6.07, 6.45) is 9.30. The molecule has 3 N–H and O–H groups in total. The van der Waals surface area contributed by atoms with Crippen LogP contribution in [0.2, 0.25) is 0 Å². The molecule has 1 aromatic carbocycles. The summed E-state index contributed by atoms with van der Waals surface area (Å²) in [6.45, 7) is 0.478. The smallest absolute Gasteiger partial charge is 0.199 e. The van der Waals surface area contributed by atoms with E-state index in [9.17, 15) is 4.79 Å². The van der Waals surface area contributed by atoms with Crippen LogP contribution in [0.3, 0.4) is 0 Å². The first kappa shape index (κ1) is 23.9. The second-order valence-electron chi connectivity index (χ2n) is 8.02. The highest BCUT2D eigenvalue weighted by Crippen LogP contribution is 2.29. The minimum absolute atomic E-state index is 0.155. The lowest BCUT2D eigenvalue weighted by Gasteiger charge is -2.16. The molecule has 2 atom stereocenters. The molecule has 0 bridgehead atoms. The van der Waals surface area contributed by atoms with Crippen molar-refractivity contribution in [2.45, 2.75) is 25.3 Å². The van der Waals surface area contributed by atoms with E-state index in [0.29, 0.717) is 29.5 Å². The third kappa shape index (κ3) is 6.66. The van der Waals surface area contributed by atoms with E-state index in [1.165, 1.54) is 10.7 Å². The highest BCUT2D eigenvalue weighted by molar-refractivity contribution is 7.92. The molecule has 0 radical (unpaired) electrons. The highest BCUT2D eigenvalue weighted by atomic mass is 32.2. The molecule has 1 saturated carbocycles. The van der Waals surface area contributed by atoms with Gasteiger partial charge in [0, 0.05) is 48.9 Å². The molecule has 10 heteroatoms. The lowest BCUT2D eigenvalue weighted by molar-refractivity contribution is -0.203. The van der Waals surface area contributed by atoms with Gasteiger partial charge in [0.05, 0.1) is 12.2 Å². The summed E-state index contributed by atoms with van der Waals surface area (Å²) in [6, 6.07) is 14.6. The minimum Gasteiger partial charge on any atom is -0.367 e. The Kier molecular flexibility index (Phi) is 8.30. The molecule has 4 rings (SSSR count). The third-order valence-electron chi connectivity index (χ3n) is 5.40. The molecular weight excluding hydrogens is 452 g/mol. The molecule has 3 aromatic rings. The molecule has 9 nitrogen and oxygen atoms in total. The number of hydrazine groups is 1. The first-order chi connectivity index (χ1) is 16.6. The maximum absolute atomic E-state index is 13.2. The standard InChI is InChI=1S/C24H26N6O3S/c1-29(25)34-33-32-16-19-7-8-21(13-19)28-24-22(14-26-17-27-24)23(31)20-10-12-30(15-20)11-9-18-5-3-2-4-6-18/h2-6,10,12,14-15,17,19,21H,7-8,13,16,25H2,1H3,(H,26,27,28). The molecule has 0 aliphatic heterocycles. The number of hydrogen-bond donors (Lipinski definition) is 2. The number of nitrogens with two attached hydrogens (primary N) is 1. The van der Waals surface area contributed by atoms with Crippen molar-refractivity contribution in [1.82, 2.24) is 18.9 Å². The lowest BCUT2D eigenvalue weighted by atomic mass is 10.1. The van der Waals surface area contributed by atoms with Crippen molar-refractivity contribution in [3.05, 3.63) is 78.0 Å². The van der Waals surface area contributed by atoms with E-state index in [4.69, 9.17) is 15.1 Å². The monoisotopic (exact) mass is 478 g/mol. The van der Waals surface area contributed by atoms with Gasteiger partial charge in [-0.3, -0.25) is 15.2 Å². The Bertz CT molecular complexity index is 1160. The molecule has 1 fully saturated rings. The van der Waals surface area contributed by atoms with E-state index in [1.54, 1.807) is 36.3 Å². The number of hydrogen-bond acceptors (Lipinski definition) is 9. The molecule has 2 unspecified atom stereocenters. The number of nitrogens with zero attached hydrogens (tertiary/aromatic N) is 4. The number of carbonyl (C=O) groups is 1. The zero-order valence-corrected chi connectivity index (χ0v) is 19.6. The van der Waals surface area contributed by atoms with Crippen LogP contribution in [0.1, 0.15) is 40.7 Å². The van der Waals surface area contributed by atoms with E-state index in [-0.39, 0.29) is 11.8 Å². The molecular formula is C24H26N6O3S. The fraction of sp³-hybridized carbons (Fsp3) is 0.292. The van der Waals surface area contributed by atoms with E-state index < -0.39 is 0 Å². The molecule has 1 aliphatic rings. The van der Waals surface area contributed by atoms with Crippen molar-refractivity contribution in [2.24, 2.45) is 11.8 Å². The van der Waals surface area contributed by atoms with Crippen LogP contribution in [0.25, 0.3) is 0 Å². The topological polar surface area (TPSA) is 108 Å². The maximum atomic E-state index is 13.2. The SMILES string of the molecule is CN(N)SOOCC1CCC(Nc2ncncc2C(=O)c2ccn(C#Cc3ccccc3)c2)C1. The van der Waals surface area contributed by atoms with Gasteiger partial charge < -0.3 is 5.32 Å². The van der Waals surface area contributed by atoms with Crippen molar-refractivity contribution in [3.63, 3.8) is 0 Å². The van der Waals surface area contributed by atoms with Gasteiger partial charge in [-0.25, -0.2) is 14.9 Å². The molecule has 0 spiro atoms. The van der Waals surface area contributed by atoms with E-state index in [0.717, 1.165) is 37.1 Å². The Morgan fingerprint density at radius 3 is 3.00 bits per heavy atom. The Hall–Kier alpha value is -3.20. The average Bonchev–Trinajstić information content (AvgIpc) is 3.51. The number of nitrogens with one attached hydrogen (secondary N) is 1. The summed E-state index contributed by atoms with van der Waals surface area (Å²) in [4.78, 5) is 26.8. The van der Waals surface area contributed by atoms with E-state index in [1.807, 2.05) is 30.3 Å². The van der Waals surface area contributed by atoms with Gasteiger partial charge in [-0.15, -0.1) is 4.33 Å². The van der Waals surface area contributed by atoms with Gasteiger partial charge in [-0.1, -0.05) is 18.2 Å². The Morgan fingerprint density at radius 1 is 1.32 bits per heavy atom. The van der Waals surface area contributed by atoms with Gasteiger partial charge in [0.15, 0.2) is 5.78 Å². The van der Waals surface area contributed by atoms with Crippen LogP contribution >= 0.6 is 12.2 Å². The van der Waals surface area contributed by atoms with Crippen molar-refractivity contribution in [1.29, 1.82) is 0 Å². The third-order valence-corrected chi connectivity index (χ3v) is 5.79. The van der Waals surface area contributed by atoms with Crippen molar-refractivity contribution < 1.29 is 14.0 Å². The summed E-state index contributed by atoms with van der Waals surface area (Å²) in [5.41, 5.74) is 1.86. The Morgan fingerprint density at radius 2 is 2.18 bits per heavy atom. The van der Waals surface area contributed by atoms with E-state index in [2.05, 4.69) is 27.2 Å². The lowest BCUT2D eigenvalue weighted by Crippen LogP contribution is -2.20. The van der Waals surface area contributed by atoms with Crippen LogP contribution in [-0.4, -0.2) is 44.4 Å². The second-order valence-corrected chi connectivity index (χ2v) is 8.88. The quantitative estimate of drug-likeness (QED) is 0.0700. The fourth-order valence-corrected chi connectivity index (χ4v) is 3.96. The first-order valence-electron chi connectivity index (χ1n) is 10.9. The number of benzene rings is 1. The maximum Gasteiger partial charge on any atom is 0.199 e. The largest absolute Gasteiger partial charge is 0.367 e. The van der Waals surface area contributed by atoms with E-state index >= 15 is 0 Å². The Labute approximate surface area is 202 Å². The number of rotatable bonds is 9. The number of anilines is 1. The number of aromatic nitrogens is 3. The van der Waals surface area contributed by atoms with Crippen LogP contribution in [0.15, 0.2) is 61.3 Å². The van der Waals surface area contributed by atoms with Gasteiger partial charge in [0.25, 0.3) is 0 Å². The van der Waals surface area contributed by atoms with Gasteiger partial charge in [-0.2, -0.15) is 4.41 Å². The van der Waals surface area contributed by atoms with Gasteiger partial charge in [0.1, 0.15) is 24.4 Å².